The van der Waals surface area contributed by atoms with E-state index in [0.717, 1.165) is 13.1 Å². The fourth-order valence-corrected chi connectivity index (χ4v) is 1.98. The molecule has 2 atom stereocenters. The molecule has 0 amide bonds. The van der Waals surface area contributed by atoms with E-state index in [4.69, 9.17) is 10.5 Å². The Morgan fingerprint density at radius 1 is 1.29 bits per heavy atom. The fourth-order valence-electron chi connectivity index (χ4n) is 1.98. The first-order valence-electron chi connectivity index (χ1n) is 4.93. The van der Waals surface area contributed by atoms with Crippen molar-refractivity contribution in [1.82, 2.24) is 9.80 Å². The molecule has 1 aliphatic rings. The van der Waals surface area contributed by atoms with Gasteiger partial charge in [-0.25, -0.2) is 0 Å². The van der Waals surface area contributed by atoms with E-state index in [1.165, 1.54) is 0 Å². The number of nitrogens with zero attached hydrogens (tertiary/aromatic N) is 3. The molecule has 1 N–H and O–H groups in total. The highest BCUT2D eigenvalue weighted by molar-refractivity contribution is 4.88. The highest BCUT2D eigenvalue weighted by Gasteiger charge is 2.29. The van der Waals surface area contributed by atoms with Gasteiger partial charge in [-0.3, -0.25) is 9.80 Å². The molecule has 0 aliphatic carbocycles. The maximum atomic E-state index is 8.68. The van der Waals surface area contributed by atoms with E-state index in [1.54, 1.807) is 0 Å². The summed E-state index contributed by atoms with van der Waals surface area (Å²) in [6, 6.07) is 4.60. The molecular weight excluding hydrogens is 176 g/mol. The van der Waals surface area contributed by atoms with Crippen molar-refractivity contribution >= 4 is 0 Å². The second-order valence-electron chi connectivity index (χ2n) is 3.93. The molecule has 1 rings (SSSR count). The predicted molar refractivity (Wildman–Crippen MR) is 52.2 cm³/mol. The van der Waals surface area contributed by atoms with Crippen LogP contribution in [-0.4, -0.2) is 42.1 Å². The molecule has 0 bridgehead atoms. The Bertz CT molecular complexity index is 236. The van der Waals surface area contributed by atoms with Gasteiger partial charge >= 0.3 is 0 Å². The van der Waals surface area contributed by atoms with Gasteiger partial charge in [0.2, 0.25) is 0 Å². The highest BCUT2D eigenvalue weighted by atomic mass is 15.4. The van der Waals surface area contributed by atoms with E-state index < -0.39 is 0 Å². The molecule has 4 heteroatoms. The van der Waals surface area contributed by atoms with Gasteiger partial charge in [-0.1, -0.05) is 6.92 Å². The summed E-state index contributed by atoms with van der Waals surface area (Å²) in [5.41, 5.74) is 0. The molecule has 4 nitrogen and oxygen atoms in total. The summed E-state index contributed by atoms with van der Waals surface area (Å²) in [5.74, 6) is 0.563. The summed E-state index contributed by atoms with van der Waals surface area (Å²) < 4.78 is 0. The Balaban J connectivity index is 2.62. The molecule has 1 heterocycles. The topological polar surface area (TPSA) is 54.1 Å². The van der Waals surface area contributed by atoms with E-state index in [-0.39, 0.29) is 6.17 Å². The van der Waals surface area contributed by atoms with Crippen molar-refractivity contribution in [2.75, 3.05) is 26.2 Å². The van der Waals surface area contributed by atoms with Crippen LogP contribution in [0.2, 0.25) is 0 Å². The SMILES string of the molecule is CC1CN(CC#N)C(C)N(CC#[NH+])C1. The van der Waals surface area contributed by atoms with Crippen LogP contribution < -0.4 is 5.26 Å². The van der Waals surface area contributed by atoms with Crippen LogP contribution in [-0.2, 0) is 0 Å². The molecule has 76 valence electrons. The predicted octanol–water partition coefficient (Wildman–Crippen LogP) is -1.12. The largest absolute Gasteiger partial charge is 0.286 e. The average Bonchev–Trinajstić information content (AvgIpc) is 2.14. The molecule has 0 radical (unpaired) electrons. The van der Waals surface area contributed by atoms with Gasteiger partial charge in [-0.2, -0.15) is 5.26 Å². The van der Waals surface area contributed by atoms with Crippen LogP contribution in [0.5, 0.6) is 0 Å². The average molecular weight is 193 g/mol. The van der Waals surface area contributed by atoms with Gasteiger partial charge in [0, 0.05) is 13.1 Å². The number of rotatable bonds is 2. The van der Waals surface area contributed by atoms with Crippen LogP contribution in [0.4, 0.5) is 0 Å². The van der Waals surface area contributed by atoms with Crippen molar-refractivity contribution in [3.8, 4) is 12.1 Å². The van der Waals surface area contributed by atoms with Crippen LogP contribution in [0.25, 0.3) is 0 Å². The third kappa shape index (κ3) is 2.45. The second-order valence-corrected chi connectivity index (χ2v) is 3.93. The Kier molecular flexibility index (Phi) is 3.88. The minimum absolute atomic E-state index is 0.253. The lowest BCUT2D eigenvalue weighted by atomic mass is 10.1. The van der Waals surface area contributed by atoms with Crippen LogP contribution >= 0.6 is 0 Å². The fraction of sp³-hybridized carbons (Fsp3) is 0.800. The van der Waals surface area contributed by atoms with Gasteiger partial charge in [0.15, 0.2) is 0 Å². The van der Waals surface area contributed by atoms with Crippen LogP contribution in [0.15, 0.2) is 0 Å². The number of hydrogen-bond acceptors (Lipinski definition) is 3. The summed E-state index contributed by atoms with van der Waals surface area (Å²) in [7, 11) is 0. The van der Waals surface area contributed by atoms with Gasteiger partial charge in [0.25, 0.3) is 6.07 Å². The third-order valence-corrected chi connectivity index (χ3v) is 2.71. The Labute approximate surface area is 85.3 Å². The molecule has 0 saturated carbocycles. The molecule has 1 aliphatic heterocycles. The number of nitrogens with one attached hydrogen (secondary N) is 1. The first kappa shape index (κ1) is 11.0. The van der Waals surface area contributed by atoms with Crippen molar-refractivity contribution in [2.24, 2.45) is 5.92 Å². The van der Waals surface area contributed by atoms with Crippen LogP contribution in [0.1, 0.15) is 13.8 Å². The minimum atomic E-state index is 0.253. The van der Waals surface area contributed by atoms with Crippen molar-refractivity contribution in [3.63, 3.8) is 0 Å². The summed E-state index contributed by atoms with van der Waals surface area (Å²) in [4.78, 5) is 4.32. The summed E-state index contributed by atoms with van der Waals surface area (Å²) in [6.07, 6.45) is 0.253. The maximum Gasteiger partial charge on any atom is 0.286 e. The smallest absolute Gasteiger partial charge is 0.275 e. The molecular formula is C10H17N4+. The Morgan fingerprint density at radius 3 is 2.36 bits per heavy atom. The second kappa shape index (κ2) is 4.95. The molecule has 0 aromatic carbocycles. The van der Waals surface area contributed by atoms with Gasteiger partial charge in [-0.05, 0) is 12.8 Å². The van der Waals surface area contributed by atoms with Crippen molar-refractivity contribution in [3.05, 3.63) is 0 Å². The molecule has 2 unspecified atom stereocenters. The Morgan fingerprint density at radius 2 is 1.86 bits per heavy atom. The van der Waals surface area contributed by atoms with Crippen LogP contribution in [0, 0.1) is 23.3 Å². The van der Waals surface area contributed by atoms with E-state index in [0.29, 0.717) is 19.0 Å². The molecule has 1 saturated heterocycles. The lowest BCUT2D eigenvalue weighted by Crippen LogP contribution is -2.55. The maximum absolute atomic E-state index is 8.68. The normalized spacial score (nSPS) is 29.4. The van der Waals surface area contributed by atoms with E-state index >= 15 is 0 Å². The van der Waals surface area contributed by atoms with E-state index in [2.05, 4.69) is 35.8 Å². The van der Waals surface area contributed by atoms with Gasteiger partial charge in [-0.15, -0.1) is 5.26 Å². The molecule has 0 aromatic heterocycles. The third-order valence-electron chi connectivity index (χ3n) is 2.71. The minimum Gasteiger partial charge on any atom is -0.275 e. The first-order chi connectivity index (χ1) is 6.69. The zero-order chi connectivity index (χ0) is 10.6. The standard InChI is InChI=1S/C10H16N4/c1-9-7-13(5-3-11)10(2)14(8-9)6-4-12/h9-10H,5-8H2,1-2H3/p+1. The molecule has 1 fully saturated rings. The number of hydrogen-bond donors (Lipinski definition) is 1. The zero-order valence-electron chi connectivity index (χ0n) is 8.82. The van der Waals surface area contributed by atoms with E-state index in [9.17, 15) is 0 Å². The van der Waals surface area contributed by atoms with Gasteiger partial charge in [0.05, 0.1) is 18.8 Å². The zero-order valence-corrected chi connectivity index (χ0v) is 8.82. The molecule has 0 aromatic rings. The van der Waals surface area contributed by atoms with E-state index in [1.807, 2.05) is 0 Å². The quantitative estimate of drug-likeness (QED) is 0.565. The van der Waals surface area contributed by atoms with Gasteiger partial charge < -0.3 is 0 Å². The monoisotopic (exact) mass is 193 g/mol. The number of nitriles is 1. The van der Waals surface area contributed by atoms with Crippen molar-refractivity contribution < 1.29 is 5.26 Å². The first-order valence-corrected chi connectivity index (χ1v) is 4.93. The summed E-state index contributed by atoms with van der Waals surface area (Å²) in [6.45, 7) is 7.26. The Hall–Kier alpha value is -1.10. The summed E-state index contributed by atoms with van der Waals surface area (Å²) >= 11 is 0. The molecule has 0 spiro atoms. The summed E-state index contributed by atoms with van der Waals surface area (Å²) in [5, 5.41) is 15.7. The molecule has 14 heavy (non-hydrogen) atoms. The van der Waals surface area contributed by atoms with Crippen LogP contribution in [0.3, 0.4) is 0 Å². The highest BCUT2D eigenvalue weighted by Crippen LogP contribution is 2.16. The van der Waals surface area contributed by atoms with Crippen molar-refractivity contribution in [1.29, 1.82) is 5.26 Å². The van der Waals surface area contributed by atoms with Gasteiger partial charge in [0.1, 0.15) is 6.54 Å². The lowest BCUT2D eigenvalue weighted by Gasteiger charge is -2.42. The van der Waals surface area contributed by atoms with Crippen molar-refractivity contribution in [2.45, 2.75) is 20.0 Å². The lowest BCUT2D eigenvalue weighted by molar-refractivity contribution is -0.0999.